The molecule has 4 aromatic rings. The highest BCUT2D eigenvalue weighted by atomic mass is 16.5. The molecule has 0 spiro atoms. The molecule has 0 saturated carbocycles. The van der Waals surface area contributed by atoms with E-state index in [1.165, 1.54) is 4.57 Å². The Kier molecular flexibility index (Phi) is 6.02. The van der Waals surface area contributed by atoms with Gasteiger partial charge in [-0.1, -0.05) is 35.5 Å². The molecular weight excluding hydrogens is 408 g/mol. The first kappa shape index (κ1) is 21.3. The molecule has 8 nitrogen and oxygen atoms in total. The highest BCUT2D eigenvalue weighted by Crippen LogP contribution is 2.19. The Bertz CT molecular complexity index is 1370. The van der Waals surface area contributed by atoms with E-state index < -0.39 is 11.1 Å². The lowest BCUT2D eigenvalue weighted by Crippen LogP contribution is -2.36. The molecule has 0 unspecified atom stereocenters. The molecule has 2 aromatic carbocycles. The van der Waals surface area contributed by atoms with Crippen molar-refractivity contribution in [2.45, 2.75) is 26.3 Å². The van der Waals surface area contributed by atoms with Gasteiger partial charge >= 0.3 is 11.1 Å². The van der Waals surface area contributed by atoms with E-state index in [1.807, 2.05) is 36.4 Å². The SMILES string of the molecule is CCn1c(=O)c(=O)[nH]c2cc(C(=O)N(C)CCCc3cc(-c4ccccc4)no3)ccc21. The third-order valence-electron chi connectivity index (χ3n) is 5.43. The van der Waals surface area contributed by atoms with Crippen molar-refractivity contribution in [3.05, 3.63) is 86.6 Å². The standard InChI is InChI=1S/C24H24N4O4/c1-3-28-21-12-11-17(14-20(21)25-22(29)24(28)31)23(30)27(2)13-7-10-18-15-19(26-32-18)16-8-5-4-6-9-16/h4-6,8-9,11-12,14-15H,3,7,10,13H2,1-2H3,(H,25,29). The van der Waals surface area contributed by atoms with Gasteiger partial charge in [0.25, 0.3) is 5.91 Å². The minimum absolute atomic E-state index is 0.162. The number of carbonyl (C=O) groups excluding carboxylic acids is 1. The molecule has 8 heteroatoms. The van der Waals surface area contributed by atoms with E-state index >= 15 is 0 Å². The van der Waals surface area contributed by atoms with Crippen molar-refractivity contribution in [3.63, 3.8) is 0 Å². The van der Waals surface area contributed by atoms with Crippen molar-refractivity contribution >= 4 is 16.9 Å². The van der Waals surface area contributed by atoms with Gasteiger partial charge in [-0.25, -0.2) is 0 Å². The van der Waals surface area contributed by atoms with Gasteiger partial charge in [0.15, 0.2) is 0 Å². The van der Waals surface area contributed by atoms with Crippen LogP contribution in [0.25, 0.3) is 22.3 Å². The average molecular weight is 432 g/mol. The van der Waals surface area contributed by atoms with Crippen molar-refractivity contribution in [1.29, 1.82) is 0 Å². The van der Waals surface area contributed by atoms with Crippen molar-refractivity contribution in [3.8, 4) is 11.3 Å². The van der Waals surface area contributed by atoms with Crippen molar-refractivity contribution in [2.24, 2.45) is 0 Å². The van der Waals surface area contributed by atoms with Gasteiger partial charge in [-0.3, -0.25) is 14.4 Å². The number of rotatable bonds is 7. The van der Waals surface area contributed by atoms with Crippen LogP contribution in [-0.4, -0.2) is 39.1 Å². The van der Waals surface area contributed by atoms with E-state index in [0.29, 0.717) is 42.5 Å². The number of aryl methyl sites for hydroxylation is 2. The van der Waals surface area contributed by atoms with Crippen molar-refractivity contribution in [1.82, 2.24) is 19.6 Å². The Hall–Kier alpha value is -3.94. The van der Waals surface area contributed by atoms with Gasteiger partial charge in [0, 0.05) is 43.8 Å². The zero-order valence-corrected chi connectivity index (χ0v) is 18.0. The van der Waals surface area contributed by atoms with Gasteiger partial charge in [-0.2, -0.15) is 0 Å². The van der Waals surface area contributed by atoms with Crippen LogP contribution < -0.4 is 11.1 Å². The molecule has 2 heterocycles. The fourth-order valence-corrected chi connectivity index (χ4v) is 3.71. The predicted octanol–water partition coefficient (Wildman–Crippen LogP) is 3.07. The number of nitrogens with one attached hydrogen (secondary N) is 1. The first-order valence-electron chi connectivity index (χ1n) is 10.5. The molecular formula is C24H24N4O4. The molecule has 0 radical (unpaired) electrons. The van der Waals surface area contributed by atoms with Crippen LogP contribution in [0, 0.1) is 0 Å². The molecule has 0 aliphatic carbocycles. The first-order chi connectivity index (χ1) is 15.5. The quantitative estimate of drug-likeness (QED) is 0.452. The van der Waals surface area contributed by atoms with Gasteiger partial charge in [0.2, 0.25) is 0 Å². The molecule has 2 aromatic heterocycles. The fourth-order valence-electron chi connectivity index (χ4n) is 3.71. The van der Waals surface area contributed by atoms with Crippen molar-refractivity contribution < 1.29 is 9.32 Å². The van der Waals surface area contributed by atoms with Crippen LogP contribution in [0.15, 0.2) is 68.7 Å². The van der Waals surface area contributed by atoms with Crippen LogP contribution in [0.5, 0.6) is 0 Å². The molecule has 1 amide bonds. The summed E-state index contributed by atoms with van der Waals surface area (Å²) in [5.41, 5.74) is 2.00. The van der Waals surface area contributed by atoms with Crippen LogP contribution >= 0.6 is 0 Å². The number of hydrogen-bond donors (Lipinski definition) is 1. The molecule has 0 fully saturated rings. The molecule has 164 valence electrons. The van der Waals surface area contributed by atoms with Gasteiger partial charge < -0.3 is 19.0 Å². The zero-order valence-electron chi connectivity index (χ0n) is 18.0. The van der Waals surface area contributed by atoms with Crippen molar-refractivity contribution in [2.75, 3.05) is 13.6 Å². The topological polar surface area (TPSA) is 101 Å². The van der Waals surface area contributed by atoms with E-state index in [-0.39, 0.29) is 5.91 Å². The average Bonchev–Trinajstić information content (AvgIpc) is 3.28. The number of benzene rings is 2. The lowest BCUT2D eigenvalue weighted by Gasteiger charge is -2.17. The Morgan fingerprint density at radius 1 is 1.12 bits per heavy atom. The van der Waals surface area contributed by atoms with Crippen LogP contribution in [0.1, 0.15) is 29.5 Å². The molecule has 0 saturated heterocycles. The summed E-state index contributed by atoms with van der Waals surface area (Å²) in [6.07, 6.45) is 1.37. The van der Waals surface area contributed by atoms with E-state index in [9.17, 15) is 14.4 Å². The van der Waals surface area contributed by atoms with E-state index in [1.54, 1.807) is 37.1 Å². The maximum absolute atomic E-state index is 12.9. The van der Waals surface area contributed by atoms with Crippen LogP contribution in [0.2, 0.25) is 0 Å². The smallest absolute Gasteiger partial charge is 0.316 e. The number of aromatic nitrogens is 3. The Balaban J connectivity index is 1.41. The third kappa shape index (κ3) is 4.25. The molecule has 32 heavy (non-hydrogen) atoms. The van der Waals surface area contributed by atoms with Crippen LogP contribution in [0.3, 0.4) is 0 Å². The summed E-state index contributed by atoms with van der Waals surface area (Å²) in [5, 5.41) is 4.11. The van der Waals surface area contributed by atoms with Crippen LogP contribution in [-0.2, 0) is 13.0 Å². The summed E-state index contributed by atoms with van der Waals surface area (Å²) < 4.78 is 6.82. The summed E-state index contributed by atoms with van der Waals surface area (Å²) in [6, 6.07) is 16.7. The Morgan fingerprint density at radius 3 is 2.66 bits per heavy atom. The molecule has 1 N–H and O–H groups in total. The molecule has 0 atom stereocenters. The van der Waals surface area contributed by atoms with Gasteiger partial charge in [0.1, 0.15) is 11.5 Å². The normalized spacial score (nSPS) is 11.1. The zero-order chi connectivity index (χ0) is 22.7. The first-order valence-corrected chi connectivity index (χ1v) is 10.5. The van der Waals surface area contributed by atoms with Gasteiger partial charge in [0.05, 0.1) is 11.0 Å². The number of nitrogens with zero attached hydrogens (tertiary/aromatic N) is 3. The second-order valence-electron chi connectivity index (χ2n) is 7.61. The summed E-state index contributed by atoms with van der Waals surface area (Å²) in [7, 11) is 1.73. The van der Waals surface area contributed by atoms with Gasteiger partial charge in [-0.05, 0) is 31.5 Å². The summed E-state index contributed by atoms with van der Waals surface area (Å²) >= 11 is 0. The van der Waals surface area contributed by atoms with E-state index in [2.05, 4.69) is 10.1 Å². The summed E-state index contributed by atoms with van der Waals surface area (Å²) in [4.78, 5) is 40.9. The summed E-state index contributed by atoms with van der Waals surface area (Å²) in [6.45, 7) is 2.70. The number of fused-ring (bicyclic) bond motifs is 1. The Labute approximate surface area is 184 Å². The highest BCUT2D eigenvalue weighted by Gasteiger charge is 2.15. The predicted molar refractivity (Wildman–Crippen MR) is 122 cm³/mol. The lowest BCUT2D eigenvalue weighted by molar-refractivity contribution is 0.0793. The lowest BCUT2D eigenvalue weighted by atomic mass is 10.1. The van der Waals surface area contributed by atoms with Gasteiger partial charge in [-0.15, -0.1) is 0 Å². The molecule has 0 aliphatic rings. The molecule has 0 bridgehead atoms. The highest BCUT2D eigenvalue weighted by molar-refractivity contribution is 5.97. The maximum atomic E-state index is 12.9. The third-order valence-corrected chi connectivity index (χ3v) is 5.43. The second-order valence-corrected chi connectivity index (χ2v) is 7.61. The van der Waals surface area contributed by atoms with E-state index in [4.69, 9.17) is 4.52 Å². The minimum Gasteiger partial charge on any atom is -0.361 e. The Morgan fingerprint density at radius 2 is 1.91 bits per heavy atom. The number of hydrogen-bond acceptors (Lipinski definition) is 5. The largest absolute Gasteiger partial charge is 0.361 e. The monoisotopic (exact) mass is 432 g/mol. The second kappa shape index (κ2) is 9.05. The maximum Gasteiger partial charge on any atom is 0.316 e. The molecule has 4 rings (SSSR count). The van der Waals surface area contributed by atoms with E-state index in [0.717, 1.165) is 17.0 Å². The number of aromatic amines is 1. The minimum atomic E-state index is -0.695. The number of carbonyl (C=O) groups is 1. The van der Waals surface area contributed by atoms with Crippen LogP contribution in [0.4, 0.5) is 0 Å². The summed E-state index contributed by atoms with van der Waals surface area (Å²) in [5.74, 6) is 0.607. The fraction of sp³-hybridized carbons (Fsp3) is 0.250. The number of amides is 1. The molecule has 0 aliphatic heterocycles. The number of H-pyrrole nitrogens is 1.